The van der Waals surface area contributed by atoms with Crippen molar-refractivity contribution in [1.29, 1.82) is 0 Å². The Morgan fingerprint density at radius 2 is 2.15 bits per heavy atom. The van der Waals surface area contributed by atoms with E-state index in [1.807, 2.05) is 36.4 Å². The molecular formula is C11H13NO. The fourth-order valence-corrected chi connectivity index (χ4v) is 0.956. The lowest BCUT2D eigenvalue weighted by atomic mass is 10.2. The van der Waals surface area contributed by atoms with Crippen molar-refractivity contribution in [3.8, 4) is 0 Å². The van der Waals surface area contributed by atoms with Crippen molar-refractivity contribution in [1.82, 2.24) is 5.48 Å². The van der Waals surface area contributed by atoms with Crippen LogP contribution in [-0.4, -0.2) is 7.11 Å². The van der Waals surface area contributed by atoms with Crippen molar-refractivity contribution in [3.05, 3.63) is 47.0 Å². The molecule has 1 aromatic carbocycles. The summed E-state index contributed by atoms with van der Waals surface area (Å²) in [6, 6.07) is 7.94. The average Bonchev–Trinajstić information content (AvgIpc) is 2.15. The van der Waals surface area contributed by atoms with Crippen molar-refractivity contribution < 1.29 is 4.84 Å². The molecule has 0 bridgehead atoms. The highest BCUT2D eigenvalue weighted by atomic mass is 16.6. The van der Waals surface area contributed by atoms with Crippen LogP contribution in [0.3, 0.4) is 0 Å². The number of allylic oxidation sites excluding steroid dienone is 1. The Morgan fingerprint density at radius 3 is 2.85 bits per heavy atom. The largest absolute Gasteiger partial charge is 0.280 e. The molecule has 0 aliphatic rings. The molecule has 0 aliphatic carbocycles. The lowest BCUT2D eigenvalue weighted by molar-refractivity contribution is 0.128. The molecule has 0 heterocycles. The van der Waals surface area contributed by atoms with Crippen molar-refractivity contribution >= 4 is 12.7 Å². The maximum Gasteiger partial charge on any atom is 0.0636 e. The third-order valence-electron chi connectivity index (χ3n) is 1.61. The third-order valence-corrected chi connectivity index (χ3v) is 1.61. The molecule has 0 spiro atoms. The van der Waals surface area contributed by atoms with E-state index in [9.17, 15) is 0 Å². The number of hydrogen-bond acceptors (Lipinski definition) is 2. The first kappa shape index (κ1) is 9.55. The monoisotopic (exact) mass is 175 g/mol. The molecule has 0 fully saturated rings. The molecule has 0 aromatic heterocycles. The van der Waals surface area contributed by atoms with E-state index in [1.54, 1.807) is 13.3 Å². The van der Waals surface area contributed by atoms with Gasteiger partial charge in [0.15, 0.2) is 0 Å². The predicted molar refractivity (Wildman–Crippen MR) is 55.0 cm³/mol. The lowest BCUT2D eigenvalue weighted by Gasteiger charge is -1.90. The van der Waals surface area contributed by atoms with Crippen LogP contribution in [-0.2, 0) is 4.84 Å². The van der Waals surface area contributed by atoms with Gasteiger partial charge in [-0.15, -0.1) is 0 Å². The minimum atomic E-state index is 1.02. The summed E-state index contributed by atoms with van der Waals surface area (Å²) >= 11 is 0. The van der Waals surface area contributed by atoms with Gasteiger partial charge in [-0.2, -0.15) is 0 Å². The predicted octanol–water partition coefficient (Wildman–Crippen LogP) is 0.542. The number of rotatable bonds is 3. The van der Waals surface area contributed by atoms with Gasteiger partial charge in [0.1, 0.15) is 0 Å². The minimum absolute atomic E-state index is 1.02. The fraction of sp³-hybridized carbons (Fsp3) is 0.0909. The first-order valence-electron chi connectivity index (χ1n) is 4.04. The van der Waals surface area contributed by atoms with Crippen LogP contribution in [0.2, 0.25) is 0 Å². The van der Waals surface area contributed by atoms with Gasteiger partial charge in [0.05, 0.1) is 7.11 Å². The van der Waals surface area contributed by atoms with Gasteiger partial charge in [0.2, 0.25) is 0 Å². The van der Waals surface area contributed by atoms with Crippen LogP contribution in [0.4, 0.5) is 0 Å². The van der Waals surface area contributed by atoms with Crippen LogP contribution in [0.1, 0.15) is 0 Å². The second-order valence-corrected chi connectivity index (χ2v) is 2.55. The highest BCUT2D eigenvalue weighted by Crippen LogP contribution is 1.73. The SMILES string of the molecule is C=c1cccc/c1=C/C=C\NOC. The van der Waals surface area contributed by atoms with Crippen molar-refractivity contribution in [3.63, 3.8) is 0 Å². The molecule has 0 radical (unpaired) electrons. The standard InChI is InChI=1S/C11H13NO/c1-10-6-3-4-7-11(10)8-5-9-12-13-2/h3-9,12H,1H2,2H3/b9-5-,11-8-. The molecule has 2 heteroatoms. The summed E-state index contributed by atoms with van der Waals surface area (Å²) < 4.78 is 0. The third kappa shape index (κ3) is 3.13. The van der Waals surface area contributed by atoms with Gasteiger partial charge < -0.3 is 0 Å². The van der Waals surface area contributed by atoms with Crippen LogP contribution >= 0.6 is 0 Å². The number of hydrogen-bond donors (Lipinski definition) is 1. The van der Waals surface area contributed by atoms with E-state index in [-0.39, 0.29) is 0 Å². The Bertz CT molecular complexity index is 381. The first-order chi connectivity index (χ1) is 6.34. The Balaban J connectivity index is 2.83. The summed E-state index contributed by atoms with van der Waals surface area (Å²) in [5.41, 5.74) is 2.61. The van der Waals surface area contributed by atoms with Gasteiger partial charge in [-0.25, -0.2) is 0 Å². The van der Waals surface area contributed by atoms with Crippen LogP contribution in [0.5, 0.6) is 0 Å². The van der Waals surface area contributed by atoms with E-state index >= 15 is 0 Å². The molecule has 0 amide bonds. The Labute approximate surface area is 77.8 Å². The zero-order valence-corrected chi connectivity index (χ0v) is 7.66. The van der Waals surface area contributed by atoms with E-state index < -0.39 is 0 Å². The molecule has 13 heavy (non-hydrogen) atoms. The minimum Gasteiger partial charge on any atom is -0.280 e. The normalized spacial score (nSPS) is 12.2. The zero-order valence-electron chi connectivity index (χ0n) is 7.66. The smallest absolute Gasteiger partial charge is 0.0636 e. The molecule has 68 valence electrons. The van der Waals surface area contributed by atoms with Gasteiger partial charge in [-0.3, -0.25) is 10.3 Å². The molecule has 0 aliphatic heterocycles. The molecule has 1 N–H and O–H groups in total. The summed E-state index contributed by atoms with van der Waals surface area (Å²) in [5, 5.41) is 2.13. The summed E-state index contributed by atoms with van der Waals surface area (Å²) in [4.78, 5) is 4.64. The highest BCUT2D eigenvalue weighted by Gasteiger charge is 1.77. The lowest BCUT2D eigenvalue weighted by Crippen LogP contribution is -2.21. The summed E-state index contributed by atoms with van der Waals surface area (Å²) in [6.45, 7) is 3.90. The van der Waals surface area contributed by atoms with Gasteiger partial charge in [0, 0.05) is 6.20 Å². The van der Waals surface area contributed by atoms with Crippen molar-refractivity contribution in [2.75, 3.05) is 7.11 Å². The maximum absolute atomic E-state index is 4.64. The number of hydroxylamine groups is 1. The van der Waals surface area contributed by atoms with Gasteiger partial charge in [-0.05, 0) is 16.5 Å². The van der Waals surface area contributed by atoms with E-state index in [0.717, 1.165) is 10.4 Å². The van der Waals surface area contributed by atoms with Gasteiger partial charge >= 0.3 is 0 Å². The fourth-order valence-electron chi connectivity index (χ4n) is 0.956. The van der Waals surface area contributed by atoms with Crippen LogP contribution in [0.15, 0.2) is 36.5 Å². The Kier molecular flexibility index (Phi) is 3.79. The average molecular weight is 175 g/mol. The summed E-state index contributed by atoms with van der Waals surface area (Å²) in [5.74, 6) is 0. The van der Waals surface area contributed by atoms with E-state index in [2.05, 4.69) is 16.9 Å². The summed E-state index contributed by atoms with van der Waals surface area (Å²) in [6.07, 6.45) is 5.55. The maximum atomic E-state index is 4.64. The van der Waals surface area contributed by atoms with E-state index in [0.29, 0.717) is 0 Å². The van der Waals surface area contributed by atoms with Crippen LogP contribution in [0, 0.1) is 0 Å². The van der Waals surface area contributed by atoms with Crippen LogP contribution in [0.25, 0.3) is 12.7 Å². The van der Waals surface area contributed by atoms with E-state index in [4.69, 9.17) is 0 Å². The Morgan fingerprint density at radius 1 is 1.38 bits per heavy atom. The van der Waals surface area contributed by atoms with E-state index in [1.165, 1.54) is 0 Å². The molecule has 0 saturated heterocycles. The number of benzene rings is 1. The topological polar surface area (TPSA) is 21.3 Å². The second-order valence-electron chi connectivity index (χ2n) is 2.55. The molecule has 1 rings (SSSR count). The second kappa shape index (κ2) is 5.17. The molecule has 0 unspecified atom stereocenters. The molecule has 0 atom stereocenters. The van der Waals surface area contributed by atoms with Crippen LogP contribution < -0.4 is 15.9 Å². The quantitative estimate of drug-likeness (QED) is 0.677. The summed E-state index contributed by atoms with van der Waals surface area (Å²) in [7, 11) is 1.57. The molecule has 2 nitrogen and oxygen atoms in total. The van der Waals surface area contributed by atoms with Crippen molar-refractivity contribution in [2.24, 2.45) is 0 Å². The molecule has 0 saturated carbocycles. The number of nitrogens with one attached hydrogen (secondary N) is 1. The molecular weight excluding hydrogens is 162 g/mol. The van der Waals surface area contributed by atoms with Gasteiger partial charge in [-0.1, -0.05) is 36.9 Å². The highest BCUT2D eigenvalue weighted by molar-refractivity contribution is 5.37. The van der Waals surface area contributed by atoms with Crippen molar-refractivity contribution in [2.45, 2.75) is 0 Å². The van der Waals surface area contributed by atoms with Gasteiger partial charge in [0.25, 0.3) is 0 Å². The Hall–Kier alpha value is -1.54. The first-order valence-corrected chi connectivity index (χ1v) is 4.04. The molecule has 1 aromatic rings. The zero-order chi connectivity index (χ0) is 9.52.